The van der Waals surface area contributed by atoms with Crippen molar-refractivity contribution in [1.29, 1.82) is 0 Å². The van der Waals surface area contributed by atoms with Gasteiger partial charge in [-0.3, -0.25) is 4.79 Å². The number of benzene rings is 1. The molecule has 0 saturated heterocycles. The Labute approximate surface area is 133 Å². The van der Waals surface area contributed by atoms with E-state index in [-0.39, 0.29) is 11.8 Å². The zero-order valence-electron chi connectivity index (χ0n) is 12.6. The van der Waals surface area contributed by atoms with Crippen LogP contribution < -0.4 is 15.8 Å². The van der Waals surface area contributed by atoms with Gasteiger partial charge in [0, 0.05) is 17.9 Å². The number of fused-ring (bicyclic) bond motifs is 1. The quantitative estimate of drug-likeness (QED) is 0.907. The molecule has 2 heterocycles. The summed E-state index contributed by atoms with van der Waals surface area (Å²) < 4.78 is 5.93. The molecular formula is C16H19N3O2S. The first-order valence-corrected chi connectivity index (χ1v) is 8.14. The van der Waals surface area contributed by atoms with E-state index in [0.29, 0.717) is 29.9 Å². The highest BCUT2D eigenvalue weighted by Crippen LogP contribution is 2.44. The minimum absolute atomic E-state index is 0.0403. The zero-order chi connectivity index (χ0) is 15.7. The number of nitrogens with one attached hydrogen (secondary N) is 1. The molecule has 0 unspecified atom stereocenters. The van der Waals surface area contributed by atoms with Gasteiger partial charge in [-0.25, -0.2) is 4.98 Å². The first-order chi connectivity index (χ1) is 10.5. The van der Waals surface area contributed by atoms with Crippen LogP contribution in [-0.4, -0.2) is 17.5 Å². The lowest BCUT2D eigenvalue weighted by Gasteiger charge is -2.24. The molecule has 3 N–H and O–H groups in total. The van der Waals surface area contributed by atoms with Crippen LogP contribution in [0.15, 0.2) is 24.3 Å². The predicted molar refractivity (Wildman–Crippen MR) is 88.4 cm³/mol. The smallest absolute Gasteiger partial charge is 0.226 e. The predicted octanol–water partition coefficient (Wildman–Crippen LogP) is 3.23. The summed E-state index contributed by atoms with van der Waals surface area (Å²) in [5.41, 5.74) is 6.82. The number of rotatable bonds is 4. The number of nitrogen functional groups attached to an aromatic ring is 1. The van der Waals surface area contributed by atoms with Crippen LogP contribution in [0.25, 0.3) is 0 Å². The number of thiazole rings is 1. The van der Waals surface area contributed by atoms with Crippen LogP contribution in [0, 0.1) is 5.92 Å². The lowest BCUT2D eigenvalue weighted by atomic mass is 9.91. The maximum atomic E-state index is 12.0. The molecule has 22 heavy (non-hydrogen) atoms. The molecule has 0 bridgehead atoms. The topological polar surface area (TPSA) is 77.2 Å². The third-order valence-electron chi connectivity index (χ3n) is 3.50. The first-order valence-electron chi connectivity index (χ1n) is 7.32. The van der Waals surface area contributed by atoms with E-state index in [4.69, 9.17) is 10.5 Å². The van der Waals surface area contributed by atoms with E-state index in [1.807, 2.05) is 24.3 Å². The molecule has 3 rings (SSSR count). The van der Waals surface area contributed by atoms with Gasteiger partial charge in [-0.2, -0.15) is 0 Å². The van der Waals surface area contributed by atoms with Crippen molar-refractivity contribution in [1.82, 2.24) is 4.98 Å². The standard InChI is InChI=1S/C16H19N3O2S/c1-9(2)8-21-12-6-4-3-5-10(12)11-7-13(20)18-15-14(11)22-16(17)19-15/h3-6,9,11H,7-8H2,1-2H3,(H2,17,19)(H,18,20)/t11-/m0/s1. The van der Waals surface area contributed by atoms with E-state index in [0.717, 1.165) is 16.2 Å². The number of nitrogens with two attached hydrogens (primary N) is 1. The fourth-order valence-electron chi connectivity index (χ4n) is 2.54. The Morgan fingerprint density at radius 3 is 3.00 bits per heavy atom. The van der Waals surface area contributed by atoms with Crippen LogP contribution >= 0.6 is 11.3 Å². The van der Waals surface area contributed by atoms with Crippen LogP contribution in [0.5, 0.6) is 5.75 Å². The minimum atomic E-state index is -0.0538. The maximum absolute atomic E-state index is 12.0. The van der Waals surface area contributed by atoms with Crippen molar-refractivity contribution in [3.8, 4) is 5.75 Å². The molecule has 5 nitrogen and oxygen atoms in total. The molecule has 0 saturated carbocycles. The van der Waals surface area contributed by atoms with E-state index in [1.54, 1.807) is 0 Å². The number of hydrogen-bond acceptors (Lipinski definition) is 5. The number of carbonyl (C=O) groups excluding carboxylic acids is 1. The van der Waals surface area contributed by atoms with Gasteiger partial charge >= 0.3 is 0 Å². The van der Waals surface area contributed by atoms with Crippen LogP contribution in [0.1, 0.15) is 36.6 Å². The molecule has 0 spiro atoms. The summed E-state index contributed by atoms with van der Waals surface area (Å²) in [6.07, 6.45) is 0.386. The molecular weight excluding hydrogens is 298 g/mol. The fourth-order valence-corrected chi connectivity index (χ4v) is 3.45. The van der Waals surface area contributed by atoms with E-state index in [9.17, 15) is 4.79 Å². The second kappa shape index (κ2) is 5.96. The van der Waals surface area contributed by atoms with Crippen molar-refractivity contribution in [2.45, 2.75) is 26.2 Å². The summed E-state index contributed by atoms with van der Waals surface area (Å²) in [5.74, 6) is 1.76. The second-order valence-corrected chi connectivity index (χ2v) is 6.87. The molecule has 6 heteroatoms. The molecule has 116 valence electrons. The molecule has 0 fully saturated rings. The van der Waals surface area contributed by atoms with Gasteiger partial charge in [0.1, 0.15) is 11.6 Å². The van der Waals surface area contributed by atoms with Crippen LogP contribution in [0.2, 0.25) is 0 Å². The van der Waals surface area contributed by atoms with E-state index in [1.165, 1.54) is 11.3 Å². The molecule has 1 amide bonds. The second-order valence-electron chi connectivity index (χ2n) is 5.81. The molecule has 2 aromatic rings. The number of para-hydroxylation sites is 1. The Kier molecular flexibility index (Phi) is 4.02. The van der Waals surface area contributed by atoms with E-state index < -0.39 is 0 Å². The largest absolute Gasteiger partial charge is 0.493 e. The number of nitrogens with zero attached hydrogens (tertiary/aromatic N) is 1. The van der Waals surface area contributed by atoms with Crippen molar-refractivity contribution in [2.24, 2.45) is 5.92 Å². The van der Waals surface area contributed by atoms with Crippen LogP contribution in [0.3, 0.4) is 0 Å². The van der Waals surface area contributed by atoms with Crippen molar-refractivity contribution in [3.05, 3.63) is 34.7 Å². The normalized spacial score (nSPS) is 17.2. The minimum Gasteiger partial charge on any atom is -0.493 e. The summed E-state index contributed by atoms with van der Waals surface area (Å²) in [4.78, 5) is 17.2. The molecule has 1 aliphatic rings. The number of amides is 1. The highest BCUT2D eigenvalue weighted by Gasteiger charge is 2.31. The van der Waals surface area contributed by atoms with E-state index >= 15 is 0 Å². The third-order valence-corrected chi connectivity index (χ3v) is 4.50. The van der Waals surface area contributed by atoms with Gasteiger partial charge in [-0.05, 0) is 12.0 Å². The Morgan fingerprint density at radius 2 is 2.23 bits per heavy atom. The van der Waals surface area contributed by atoms with Gasteiger partial charge in [0.15, 0.2) is 5.13 Å². The number of carbonyl (C=O) groups is 1. The molecule has 0 aliphatic carbocycles. The number of aromatic nitrogens is 1. The zero-order valence-corrected chi connectivity index (χ0v) is 13.4. The van der Waals surface area contributed by atoms with Gasteiger partial charge in [0.2, 0.25) is 5.91 Å². The average molecular weight is 317 g/mol. The Bertz CT molecular complexity index is 696. The summed E-state index contributed by atoms with van der Waals surface area (Å²) in [6, 6.07) is 7.88. The summed E-state index contributed by atoms with van der Waals surface area (Å²) in [7, 11) is 0. The highest BCUT2D eigenvalue weighted by molar-refractivity contribution is 7.16. The van der Waals surface area contributed by atoms with E-state index in [2.05, 4.69) is 24.1 Å². The molecule has 0 radical (unpaired) electrons. The van der Waals surface area contributed by atoms with Crippen molar-refractivity contribution in [2.75, 3.05) is 17.7 Å². The van der Waals surface area contributed by atoms with Crippen molar-refractivity contribution < 1.29 is 9.53 Å². The molecule has 1 aliphatic heterocycles. The SMILES string of the molecule is CC(C)COc1ccccc1[C@@H]1CC(=O)Nc2nc(N)sc21. The van der Waals surface area contributed by atoms with Crippen LogP contribution in [0.4, 0.5) is 10.9 Å². The Hall–Kier alpha value is -2.08. The number of anilines is 2. The number of hydrogen-bond donors (Lipinski definition) is 2. The first kappa shape index (κ1) is 14.8. The van der Waals surface area contributed by atoms with Crippen molar-refractivity contribution in [3.63, 3.8) is 0 Å². The summed E-state index contributed by atoms with van der Waals surface area (Å²) in [6.45, 7) is 4.87. The monoisotopic (exact) mass is 317 g/mol. The molecule has 1 aromatic carbocycles. The van der Waals surface area contributed by atoms with Crippen molar-refractivity contribution >= 4 is 28.2 Å². The third kappa shape index (κ3) is 2.92. The maximum Gasteiger partial charge on any atom is 0.226 e. The molecule has 1 aromatic heterocycles. The Balaban J connectivity index is 1.99. The Morgan fingerprint density at radius 1 is 1.45 bits per heavy atom. The van der Waals surface area contributed by atoms with Gasteiger partial charge in [0.05, 0.1) is 11.5 Å². The number of ether oxygens (including phenoxy) is 1. The fraction of sp³-hybridized carbons (Fsp3) is 0.375. The summed E-state index contributed by atoms with van der Waals surface area (Å²) >= 11 is 1.42. The van der Waals surface area contributed by atoms with Crippen LogP contribution in [-0.2, 0) is 4.79 Å². The van der Waals surface area contributed by atoms with Gasteiger partial charge in [-0.15, -0.1) is 0 Å². The molecule has 1 atom stereocenters. The van der Waals surface area contributed by atoms with Gasteiger partial charge in [-0.1, -0.05) is 43.4 Å². The van der Waals surface area contributed by atoms with Gasteiger partial charge in [0.25, 0.3) is 0 Å². The lowest BCUT2D eigenvalue weighted by Crippen LogP contribution is -2.23. The average Bonchev–Trinajstić information content (AvgIpc) is 2.84. The lowest BCUT2D eigenvalue weighted by molar-refractivity contribution is -0.116. The highest BCUT2D eigenvalue weighted by atomic mass is 32.1. The summed E-state index contributed by atoms with van der Waals surface area (Å²) in [5, 5.41) is 3.26. The van der Waals surface area contributed by atoms with Gasteiger partial charge < -0.3 is 15.8 Å².